The highest BCUT2D eigenvalue weighted by atomic mass is 16.7. The molecule has 0 unspecified atom stereocenters. The quantitative estimate of drug-likeness (QED) is 0.304. The largest absolute Gasteiger partial charge is 0.455 e. The van der Waals surface area contributed by atoms with Crippen LogP contribution < -0.4 is 18.9 Å². The van der Waals surface area contributed by atoms with Crippen molar-refractivity contribution in [2.45, 2.75) is 6.42 Å². The van der Waals surface area contributed by atoms with E-state index in [2.05, 4.69) is 32.0 Å². The fourth-order valence-electron chi connectivity index (χ4n) is 3.92. The molecule has 0 aromatic heterocycles. The lowest BCUT2D eigenvalue weighted by atomic mass is 10.0. The van der Waals surface area contributed by atoms with E-state index in [0.717, 1.165) is 11.1 Å². The Morgan fingerprint density at radius 1 is 0.486 bits per heavy atom. The van der Waals surface area contributed by atoms with Gasteiger partial charge in [-0.1, -0.05) is 36.4 Å². The van der Waals surface area contributed by atoms with Gasteiger partial charge in [-0.2, -0.15) is 20.0 Å². The van der Waals surface area contributed by atoms with Crippen molar-refractivity contribution < 1.29 is 18.9 Å². The zero-order chi connectivity index (χ0) is 24.9. The molecular weight excluding hydrogens is 468 g/mol. The molecule has 0 aliphatic carbocycles. The molecule has 0 bridgehead atoms. The van der Waals surface area contributed by atoms with Crippen molar-refractivity contribution in [3.8, 4) is 23.0 Å². The maximum Gasteiger partial charge on any atom is 0.231 e. The van der Waals surface area contributed by atoms with E-state index in [1.165, 1.54) is 0 Å². The van der Waals surface area contributed by atoms with Gasteiger partial charge in [0.15, 0.2) is 0 Å². The minimum absolute atomic E-state index is 0.0486. The van der Waals surface area contributed by atoms with E-state index in [4.69, 9.17) is 18.9 Å². The molecule has 4 aromatic carbocycles. The van der Waals surface area contributed by atoms with Crippen molar-refractivity contribution in [1.29, 1.82) is 0 Å². The smallest absolute Gasteiger partial charge is 0.231 e. The number of fused-ring (bicyclic) bond motifs is 4. The Balaban J connectivity index is 1.28. The number of benzene rings is 4. The lowest BCUT2D eigenvalue weighted by Gasteiger charge is -2.14. The van der Waals surface area contributed by atoms with Crippen LogP contribution in [0.1, 0.15) is 11.1 Å². The summed E-state index contributed by atoms with van der Waals surface area (Å²) in [4.78, 5) is 17.4. The van der Waals surface area contributed by atoms with Crippen molar-refractivity contribution in [2.24, 2.45) is 20.0 Å². The van der Waals surface area contributed by atoms with Gasteiger partial charge < -0.3 is 18.9 Å². The van der Waals surface area contributed by atoms with Crippen LogP contribution in [0.2, 0.25) is 0 Å². The third kappa shape index (κ3) is 5.11. The number of rotatable bonds is 2. The number of hydrogen-bond donors (Lipinski definition) is 0. The number of ether oxygens (including phenoxy) is 4. The van der Waals surface area contributed by atoms with Crippen LogP contribution in [0.4, 0.5) is 22.7 Å². The van der Waals surface area contributed by atoms with Gasteiger partial charge >= 0.3 is 0 Å². The summed E-state index contributed by atoms with van der Waals surface area (Å²) in [6, 6.07) is 32.0. The van der Waals surface area contributed by atoms with E-state index in [0.29, 0.717) is 52.2 Å². The van der Waals surface area contributed by atoms with Gasteiger partial charge in [-0.15, -0.1) is 0 Å². The van der Waals surface area contributed by atoms with E-state index in [9.17, 15) is 0 Å². The predicted molar refractivity (Wildman–Crippen MR) is 139 cm³/mol. The fraction of sp³-hybridized carbons (Fsp3) is 0.103. The first-order chi connectivity index (χ1) is 18.3. The molecule has 4 aromatic rings. The summed E-state index contributed by atoms with van der Waals surface area (Å²) in [7, 11) is 0. The highest BCUT2D eigenvalue weighted by Gasteiger charge is 2.11. The summed E-state index contributed by atoms with van der Waals surface area (Å²) >= 11 is 0. The van der Waals surface area contributed by atoms with Gasteiger partial charge in [-0.25, -0.2) is 0 Å². The van der Waals surface area contributed by atoms with Crippen LogP contribution in [-0.4, -0.2) is 25.6 Å². The van der Waals surface area contributed by atoms with Crippen LogP contribution in [0, 0.1) is 0 Å². The zero-order valence-corrected chi connectivity index (χ0v) is 19.6. The Hall–Kier alpha value is -5.16. The molecule has 8 nitrogen and oxygen atoms in total. The topological polar surface area (TPSA) is 86.4 Å². The van der Waals surface area contributed by atoms with Gasteiger partial charge in [0.05, 0.1) is 0 Å². The third-order valence-corrected chi connectivity index (χ3v) is 5.72. The lowest BCUT2D eigenvalue weighted by molar-refractivity contribution is 0.120. The van der Waals surface area contributed by atoms with Crippen molar-refractivity contribution in [1.82, 2.24) is 0 Å². The summed E-state index contributed by atoms with van der Waals surface area (Å²) < 4.78 is 23.1. The molecule has 180 valence electrons. The van der Waals surface area contributed by atoms with E-state index < -0.39 is 0 Å². The summed E-state index contributed by atoms with van der Waals surface area (Å²) in [5.41, 5.74) is 4.58. The van der Waals surface area contributed by atoms with Gasteiger partial charge in [0.2, 0.25) is 13.6 Å². The first kappa shape index (κ1) is 22.3. The summed E-state index contributed by atoms with van der Waals surface area (Å²) in [6.07, 6.45) is 0.637. The molecule has 0 saturated heterocycles. The highest BCUT2D eigenvalue weighted by molar-refractivity contribution is 5.67. The summed E-state index contributed by atoms with van der Waals surface area (Å²) in [6.45, 7) is 0.0972. The van der Waals surface area contributed by atoms with Gasteiger partial charge in [-0.3, -0.25) is 0 Å². The van der Waals surface area contributed by atoms with E-state index in [1.807, 2.05) is 84.9 Å². The Kier molecular flexibility index (Phi) is 6.16. The summed E-state index contributed by atoms with van der Waals surface area (Å²) in [5, 5.41) is 0. The molecular formula is C29H20N4O4. The number of para-hydroxylation sites is 4. The Morgan fingerprint density at radius 2 is 0.892 bits per heavy atom. The second-order valence-electron chi connectivity index (χ2n) is 8.18. The first-order valence-electron chi connectivity index (χ1n) is 11.6. The molecule has 6 rings (SSSR count). The molecule has 0 spiro atoms. The molecule has 0 saturated carbocycles. The average molecular weight is 489 g/mol. The Morgan fingerprint density at radius 3 is 1.38 bits per heavy atom. The van der Waals surface area contributed by atoms with Crippen LogP contribution in [0.3, 0.4) is 0 Å². The van der Waals surface area contributed by atoms with Crippen molar-refractivity contribution >= 4 is 34.8 Å². The monoisotopic (exact) mass is 488 g/mol. The standard InChI is InChI=1S/C29H20N4O4/c1-3-7-26-22(5-1)30-16-32-24-14-20(9-11-28(24)36-18-34-26)13-21-10-12-29-25(15-21)33-17-31-23-6-2-4-8-27(23)35-19-37-29/h1-12,14-15H,13,18-19H2. The zero-order valence-electron chi connectivity index (χ0n) is 19.6. The van der Waals surface area contributed by atoms with Gasteiger partial charge in [0.1, 0.15) is 57.8 Å². The highest BCUT2D eigenvalue weighted by Crippen LogP contribution is 2.34. The molecule has 0 fully saturated rings. The Labute approximate surface area is 212 Å². The molecule has 2 heterocycles. The maximum atomic E-state index is 5.81. The van der Waals surface area contributed by atoms with Crippen molar-refractivity contribution in [2.75, 3.05) is 13.6 Å². The second kappa shape index (κ2) is 10.2. The molecule has 0 radical (unpaired) electrons. The van der Waals surface area contributed by atoms with Crippen LogP contribution in [0.25, 0.3) is 0 Å². The molecule has 37 heavy (non-hydrogen) atoms. The van der Waals surface area contributed by atoms with Gasteiger partial charge in [0, 0.05) is 0 Å². The minimum atomic E-state index is 0.0486. The van der Waals surface area contributed by atoms with Gasteiger partial charge in [0.25, 0.3) is 0 Å². The maximum absolute atomic E-state index is 5.81. The van der Waals surface area contributed by atoms with Gasteiger partial charge in [-0.05, 0) is 66.1 Å². The van der Waals surface area contributed by atoms with E-state index in [1.54, 1.807) is 0 Å². The Bertz CT molecular complexity index is 1480. The average Bonchev–Trinajstić information content (AvgIpc) is 2.93. The van der Waals surface area contributed by atoms with E-state index >= 15 is 0 Å². The number of aliphatic imine (C=N–C) groups is 4. The summed E-state index contributed by atoms with van der Waals surface area (Å²) in [5.74, 6) is 2.41. The number of nitrogens with zero attached hydrogens (tertiary/aromatic N) is 4. The minimum Gasteiger partial charge on any atom is -0.455 e. The molecule has 2 aliphatic rings. The predicted octanol–water partition coefficient (Wildman–Crippen LogP) is 7.01. The molecule has 2 aliphatic heterocycles. The van der Waals surface area contributed by atoms with Crippen LogP contribution in [-0.2, 0) is 6.42 Å². The second-order valence-corrected chi connectivity index (χ2v) is 8.18. The van der Waals surface area contributed by atoms with E-state index in [-0.39, 0.29) is 13.6 Å². The molecule has 8 heteroatoms. The third-order valence-electron chi connectivity index (χ3n) is 5.72. The molecule has 0 amide bonds. The van der Waals surface area contributed by atoms with Crippen LogP contribution >= 0.6 is 0 Å². The molecule has 0 atom stereocenters. The SMILES string of the molecule is C1=Nc2ccccc2OCOc2ccc(Cc3ccc4c(c3)N=C=Nc3ccccc3OCO4)cc2N=1. The van der Waals surface area contributed by atoms with Crippen molar-refractivity contribution in [3.05, 3.63) is 96.1 Å². The molecule has 0 N–H and O–H groups in total. The van der Waals surface area contributed by atoms with Crippen molar-refractivity contribution in [3.63, 3.8) is 0 Å². The first-order valence-corrected chi connectivity index (χ1v) is 11.6. The van der Waals surface area contributed by atoms with Crippen LogP contribution in [0.5, 0.6) is 23.0 Å². The normalized spacial score (nSPS) is 13.4. The lowest BCUT2D eigenvalue weighted by Crippen LogP contribution is -2.06. The van der Waals surface area contributed by atoms with Crippen LogP contribution in [0.15, 0.2) is 105 Å². The number of hydrogen-bond acceptors (Lipinski definition) is 8. The fourth-order valence-corrected chi connectivity index (χ4v) is 3.92.